The Kier molecular flexibility index (Phi) is 4.97. The highest BCUT2D eigenvalue weighted by molar-refractivity contribution is 7.09. The van der Waals surface area contributed by atoms with Gasteiger partial charge in [-0.15, -0.1) is 11.3 Å². The third kappa shape index (κ3) is 3.94. The lowest BCUT2D eigenvalue weighted by Gasteiger charge is -2.15. The molecule has 1 atom stereocenters. The van der Waals surface area contributed by atoms with Crippen molar-refractivity contribution in [2.24, 2.45) is 5.92 Å². The molecule has 1 unspecified atom stereocenters. The van der Waals surface area contributed by atoms with Crippen LogP contribution in [0, 0.1) is 12.8 Å². The highest BCUT2D eigenvalue weighted by Gasteiger charge is 2.22. The Labute approximate surface area is 132 Å². The zero-order valence-electron chi connectivity index (χ0n) is 12.7. The van der Waals surface area contributed by atoms with Crippen LogP contribution in [0.1, 0.15) is 35.8 Å². The maximum Gasteiger partial charge on any atom is 0.326 e. The number of aryl methyl sites for hydroxylation is 1. The topological polar surface area (TPSA) is 95.1 Å². The second-order valence-electron chi connectivity index (χ2n) is 5.55. The normalized spacial score (nSPS) is 12.4. The van der Waals surface area contributed by atoms with Gasteiger partial charge < -0.3 is 15.4 Å². The van der Waals surface area contributed by atoms with Crippen LogP contribution in [0.4, 0.5) is 0 Å². The van der Waals surface area contributed by atoms with Crippen LogP contribution in [0.25, 0.3) is 11.3 Å². The summed E-state index contributed by atoms with van der Waals surface area (Å²) in [5.74, 6) is -1.27. The summed E-state index contributed by atoms with van der Waals surface area (Å²) in [7, 11) is 0. The molecule has 0 saturated carbocycles. The third-order valence-corrected chi connectivity index (χ3v) is 3.93. The Morgan fingerprint density at radius 3 is 2.73 bits per heavy atom. The first-order valence-electron chi connectivity index (χ1n) is 7.01. The Balaban J connectivity index is 2.09. The van der Waals surface area contributed by atoms with E-state index in [1.165, 1.54) is 11.3 Å². The van der Waals surface area contributed by atoms with Crippen molar-refractivity contribution in [1.29, 1.82) is 0 Å². The van der Waals surface area contributed by atoms with E-state index >= 15 is 0 Å². The summed E-state index contributed by atoms with van der Waals surface area (Å²) in [6, 6.07) is 0.791. The molecule has 0 aliphatic carbocycles. The number of thiazole rings is 1. The summed E-state index contributed by atoms with van der Waals surface area (Å²) in [4.78, 5) is 30.6. The minimum absolute atomic E-state index is 0.179. The highest BCUT2D eigenvalue weighted by atomic mass is 32.1. The Morgan fingerprint density at radius 2 is 2.18 bits per heavy atom. The molecule has 2 aromatic heterocycles. The summed E-state index contributed by atoms with van der Waals surface area (Å²) in [5.41, 5.74) is 1.94. The van der Waals surface area contributed by atoms with Crippen LogP contribution in [-0.2, 0) is 4.79 Å². The van der Waals surface area contributed by atoms with Crippen LogP contribution in [0.15, 0.2) is 17.6 Å². The van der Waals surface area contributed by atoms with E-state index in [1.54, 1.807) is 12.3 Å². The standard InChI is InChI=1S/C15H19N3O3S/c1-8(2)4-12(15(20)21)18-14(19)11-5-10(6-16-11)13-7-22-9(3)17-13/h5-8,12,16H,4H2,1-3H3,(H,18,19)(H,20,21). The molecule has 0 saturated heterocycles. The molecule has 0 bridgehead atoms. The van der Waals surface area contributed by atoms with Crippen molar-refractivity contribution in [3.63, 3.8) is 0 Å². The molecule has 0 fully saturated rings. The molecule has 0 aliphatic rings. The number of carboxylic acid groups (broad SMARTS) is 1. The average Bonchev–Trinajstić information content (AvgIpc) is 3.05. The molecule has 0 radical (unpaired) electrons. The van der Waals surface area contributed by atoms with E-state index in [1.807, 2.05) is 26.2 Å². The number of nitrogens with zero attached hydrogens (tertiary/aromatic N) is 1. The molecule has 118 valence electrons. The lowest BCUT2D eigenvalue weighted by molar-refractivity contribution is -0.139. The van der Waals surface area contributed by atoms with Gasteiger partial charge >= 0.3 is 5.97 Å². The van der Waals surface area contributed by atoms with Gasteiger partial charge in [0.15, 0.2) is 0 Å². The second kappa shape index (κ2) is 6.74. The third-order valence-electron chi connectivity index (χ3n) is 3.15. The van der Waals surface area contributed by atoms with Crippen LogP contribution >= 0.6 is 11.3 Å². The molecule has 22 heavy (non-hydrogen) atoms. The van der Waals surface area contributed by atoms with E-state index in [9.17, 15) is 14.7 Å². The van der Waals surface area contributed by atoms with E-state index < -0.39 is 17.9 Å². The minimum Gasteiger partial charge on any atom is -0.480 e. The van der Waals surface area contributed by atoms with Crippen LogP contribution in [-0.4, -0.2) is 33.0 Å². The minimum atomic E-state index is -1.02. The van der Waals surface area contributed by atoms with Gasteiger partial charge in [0.05, 0.1) is 10.7 Å². The molecule has 2 rings (SSSR count). The van der Waals surface area contributed by atoms with Crippen molar-refractivity contribution in [2.45, 2.75) is 33.2 Å². The van der Waals surface area contributed by atoms with Crippen LogP contribution in [0.3, 0.4) is 0 Å². The lowest BCUT2D eigenvalue weighted by Crippen LogP contribution is -2.41. The van der Waals surface area contributed by atoms with E-state index in [0.29, 0.717) is 12.1 Å². The fraction of sp³-hybridized carbons (Fsp3) is 0.400. The van der Waals surface area contributed by atoms with Gasteiger partial charge in [0.2, 0.25) is 0 Å². The molecule has 0 aromatic carbocycles. The summed E-state index contributed by atoms with van der Waals surface area (Å²) in [6.45, 7) is 5.75. The van der Waals surface area contributed by atoms with Crippen LogP contribution in [0.5, 0.6) is 0 Å². The summed E-state index contributed by atoms with van der Waals surface area (Å²) in [6.07, 6.45) is 2.08. The summed E-state index contributed by atoms with van der Waals surface area (Å²) in [5, 5.41) is 14.6. The van der Waals surface area contributed by atoms with Gasteiger partial charge in [0.25, 0.3) is 5.91 Å². The molecular formula is C15H19N3O3S. The first-order valence-corrected chi connectivity index (χ1v) is 7.89. The molecule has 2 heterocycles. The number of nitrogens with one attached hydrogen (secondary N) is 2. The van der Waals surface area contributed by atoms with Gasteiger partial charge in [0.1, 0.15) is 11.7 Å². The first kappa shape index (κ1) is 16.2. The van der Waals surface area contributed by atoms with Crippen molar-refractivity contribution in [1.82, 2.24) is 15.3 Å². The maximum absolute atomic E-state index is 12.2. The quantitative estimate of drug-likeness (QED) is 0.762. The number of amides is 1. The smallest absolute Gasteiger partial charge is 0.326 e. The predicted octanol–water partition coefficient (Wildman–Crippen LogP) is 2.68. The number of aliphatic carboxylic acids is 1. The van der Waals surface area contributed by atoms with Gasteiger partial charge in [-0.2, -0.15) is 0 Å². The Bertz CT molecular complexity index is 675. The largest absolute Gasteiger partial charge is 0.480 e. The Morgan fingerprint density at radius 1 is 1.45 bits per heavy atom. The van der Waals surface area contributed by atoms with Crippen molar-refractivity contribution >= 4 is 23.2 Å². The molecule has 6 nitrogen and oxygen atoms in total. The fourth-order valence-corrected chi connectivity index (χ4v) is 2.72. The van der Waals surface area contributed by atoms with Gasteiger partial charge in [-0.1, -0.05) is 13.8 Å². The van der Waals surface area contributed by atoms with E-state index in [4.69, 9.17) is 0 Å². The second-order valence-corrected chi connectivity index (χ2v) is 6.61. The van der Waals surface area contributed by atoms with Crippen molar-refractivity contribution in [3.05, 3.63) is 28.3 Å². The van der Waals surface area contributed by atoms with Crippen LogP contribution < -0.4 is 5.32 Å². The molecule has 7 heteroatoms. The predicted molar refractivity (Wildman–Crippen MR) is 85.0 cm³/mol. The van der Waals surface area contributed by atoms with Crippen molar-refractivity contribution in [2.75, 3.05) is 0 Å². The molecule has 0 aliphatic heterocycles. The van der Waals surface area contributed by atoms with E-state index in [0.717, 1.165) is 16.3 Å². The van der Waals surface area contributed by atoms with Gasteiger partial charge in [-0.25, -0.2) is 9.78 Å². The number of carbonyl (C=O) groups is 2. The number of hydrogen-bond donors (Lipinski definition) is 3. The molecule has 1 amide bonds. The fourth-order valence-electron chi connectivity index (χ4n) is 2.10. The van der Waals surface area contributed by atoms with E-state index in [-0.39, 0.29) is 5.92 Å². The number of H-pyrrole nitrogens is 1. The molecule has 0 spiro atoms. The van der Waals surface area contributed by atoms with E-state index in [2.05, 4.69) is 15.3 Å². The highest BCUT2D eigenvalue weighted by Crippen LogP contribution is 2.22. The molecular weight excluding hydrogens is 302 g/mol. The summed E-state index contributed by atoms with van der Waals surface area (Å²) >= 11 is 1.54. The van der Waals surface area contributed by atoms with Crippen molar-refractivity contribution < 1.29 is 14.7 Å². The zero-order valence-corrected chi connectivity index (χ0v) is 13.5. The molecule has 2 aromatic rings. The van der Waals surface area contributed by atoms with Crippen LogP contribution in [0.2, 0.25) is 0 Å². The number of aromatic nitrogens is 2. The monoisotopic (exact) mass is 321 g/mol. The van der Waals surface area contributed by atoms with Gasteiger partial charge in [0, 0.05) is 17.1 Å². The maximum atomic E-state index is 12.2. The number of hydrogen-bond acceptors (Lipinski definition) is 4. The SMILES string of the molecule is Cc1nc(-c2c[nH]c(C(=O)NC(CC(C)C)C(=O)O)c2)cs1. The van der Waals surface area contributed by atoms with Gasteiger partial charge in [-0.05, 0) is 25.3 Å². The summed E-state index contributed by atoms with van der Waals surface area (Å²) < 4.78 is 0. The van der Waals surface area contributed by atoms with Crippen molar-refractivity contribution in [3.8, 4) is 11.3 Å². The number of rotatable bonds is 6. The molecule has 3 N–H and O–H groups in total. The average molecular weight is 321 g/mol. The zero-order chi connectivity index (χ0) is 16.3. The number of aromatic amines is 1. The Hall–Kier alpha value is -2.15. The number of carbonyl (C=O) groups excluding carboxylic acids is 1. The van der Waals surface area contributed by atoms with Gasteiger partial charge in [-0.3, -0.25) is 4.79 Å². The number of carboxylic acids is 1. The lowest BCUT2D eigenvalue weighted by atomic mass is 10.0. The first-order chi connectivity index (χ1) is 10.4.